The zero-order chi connectivity index (χ0) is 22.7. The molecule has 5 rings (SSSR count). The standard InChI is InChI=1S/C26H22BrClN2O3/c27-21-8-11-24(25(28)14-21)26(17-30-13-12-29-18-30)32-16-23(33-26)15-31-22-9-6-20(7-10-22)19-4-2-1-3-5-19/h1-14,18,23H,15-17H2/t23-,26+/m0/s1. The van der Waals surface area contributed by atoms with Crippen LogP contribution in [0.25, 0.3) is 11.1 Å². The molecule has 0 unspecified atom stereocenters. The first-order valence-electron chi connectivity index (χ1n) is 10.6. The van der Waals surface area contributed by atoms with Crippen LogP contribution in [0.1, 0.15) is 5.56 Å². The van der Waals surface area contributed by atoms with Gasteiger partial charge in [-0.2, -0.15) is 0 Å². The van der Waals surface area contributed by atoms with Crippen molar-refractivity contribution in [1.29, 1.82) is 0 Å². The highest BCUT2D eigenvalue weighted by Gasteiger charge is 2.45. The van der Waals surface area contributed by atoms with E-state index in [1.165, 1.54) is 5.56 Å². The predicted molar refractivity (Wildman–Crippen MR) is 131 cm³/mol. The van der Waals surface area contributed by atoms with Gasteiger partial charge in [-0.15, -0.1) is 0 Å². The van der Waals surface area contributed by atoms with E-state index >= 15 is 0 Å². The number of hydrogen-bond donors (Lipinski definition) is 0. The van der Waals surface area contributed by atoms with Crippen molar-refractivity contribution in [2.75, 3.05) is 13.2 Å². The van der Waals surface area contributed by atoms with Crippen molar-refractivity contribution in [2.24, 2.45) is 0 Å². The minimum Gasteiger partial charge on any atom is -0.491 e. The molecule has 1 saturated heterocycles. The molecule has 2 heterocycles. The minimum atomic E-state index is -1.02. The molecule has 0 amide bonds. The second-order valence-corrected chi connectivity index (χ2v) is 9.19. The highest BCUT2D eigenvalue weighted by molar-refractivity contribution is 9.10. The van der Waals surface area contributed by atoms with E-state index in [0.717, 1.165) is 21.3 Å². The number of hydrogen-bond acceptors (Lipinski definition) is 4. The lowest BCUT2D eigenvalue weighted by Crippen LogP contribution is -2.34. The van der Waals surface area contributed by atoms with Gasteiger partial charge in [-0.3, -0.25) is 0 Å². The number of benzene rings is 3. The van der Waals surface area contributed by atoms with Crippen LogP contribution in [0.4, 0.5) is 0 Å². The Bertz CT molecular complexity index is 1200. The first kappa shape index (κ1) is 22.2. The van der Waals surface area contributed by atoms with E-state index in [9.17, 15) is 0 Å². The molecule has 5 nitrogen and oxygen atoms in total. The van der Waals surface area contributed by atoms with Gasteiger partial charge < -0.3 is 18.8 Å². The highest BCUT2D eigenvalue weighted by atomic mass is 79.9. The third-order valence-electron chi connectivity index (χ3n) is 5.55. The quantitative estimate of drug-likeness (QED) is 0.283. The molecule has 4 aromatic rings. The molecule has 1 aliphatic heterocycles. The number of imidazole rings is 1. The van der Waals surface area contributed by atoms with Crippen LogP contribution in [0.3, 0.4) is 0 Å². The molecule has 0 spiro atoms. The van der Waals surface area contributed by atoms with E-state index in [2.05, 4.69) is 45.2 Å². The fraction of sp³-hybridized carbons (Fsp3) is 0.192. The van der Waals surface area contributed by atoms with Gasteiger partial charge in [0.25, 0.3) is 0 Å². The largest absolute Gasteiger partial charge is 0.491 e. The second-order valence-electron chi connectivity index (χ2n) is 7.86. The lowest BCUT2D eigenvalue weighted by molar-refractivity contribution is -0.189. The Labute approximate surface area is 206 Å². The van der Waals surface area contributed by atoms with Gasteiger partial charge in [-0.05, 0) is 35.4 Å². The predicted octanol–water partition coefficient (Wildman–Crippen LogP) is 6.31. The van der Waals surface area contributed by atoms with E-state index in [1.807, 2.05) is 59.3 Å². The average molecular weight is 526 g/mol. The second kappa shape index (κ2) is 9.69. The van der Waals surface area contributed by atoms with Crippen molar-refractivity contribution in [3.63, 3.8) is 0 Å². The third-order valence-corrected chi connectivity index (χ3v) is 6.35. The van der Waals surface area contributed by atoms with Crippen LogP contribution >= 0.6 is 27.5 Å². The summed E-state index contributed by atoms with van der Waals surface area (Å²) in [7, 11) is 0. The smallest absolute Gasteiger partial charge is 0.215 e. The zero-order valence-corrected chi connectivity index (χ0v) is 20.1. The van der Waals surface area contributed by atoms with E-state index in [0.29, 0.717) is 24.8 Å². The molecule has 0 N–H and O–H groups in total. The Morgan fingerprint density at radius 1 is 1.06 bits per heavy atom. The normalized spacial score (nSPS) is 20.1. The summed E-state index contributed by atoms with van der Waals surface area (Å²) in [5, 5.41) is 0.572. The Balaban J connectivity index is 1.29. The molecule has 3 aromatic carbocycles. The van der Waals surface area contributed by atoms with Gasteiger partial charge in [0.2, 0.25) is 5.79 Å². The van der Waals surface area contributed by atoms with Crippen molar-refractivity contribution in [3.8, 4) is 16.9 Å². The molecular formula is C26H22BrClN2O3. The first-order valence-corrected chi connectivity index (χ1v) is 11.8. The number of ether oxygens (including phenoxy) is 3. The SMILES string of the molecule is Clc1cc(Br)ccc1[C@]1(Cn2ccnc2)OC[C@H](COc2ccc(-c3ccccc3)cc2)O1. The highest BCUT2D eigenvalue weighted by Crippen LogP contribution is 2.40. The molecule has 0 radical (unpaired) electrons. The molecule has 0 bridgehead atoms. The molecule has 2 atom stereocenters. The summed E-state index contributed by atoms with van der Waals surface area (Å²) in [5.41, 5.74) is 3.09. The Morgan fingerprint density at radius 2 is 1.85 bits per heavy atom. The number of halogens is 2. The van der Waals surface area contributed by atoms with Gasteiger partial charge in [-0.1, -0.05) is 76.1 Å². The summed E-state index contributed by atoms with van der Waals surface area (Å²) in [5.74, 6) is -0.240. The lowest BCUT2D eigenvalue weighted by atomic mass is 10.1. The molecule has 7 heteroatoms. The fourth-order valence-corrected chi connectivity index (χ4v) is 4.76. The van der Waals surface area contributed by atoms with Crippen molar-refractivity contribution in [3.05, 3.63) is 107 Å². The monoisotopic (exact) mass is 524 g/mol. The summed E-state index contributed by atoms with van der Waals surface area (Å²) >= 11 is 10.0. The van der Waals surface area contributed by atoms with Gasteiger partial charge >= 0.3 is 0 Å². The maximum atomic E-state index is 6.58. The van der Waals surface area contributed by atoms with Crippen molar-refractivity contribution < 1.29 is 14.2 Å². The van der Waals surface area contributed by atoms with Crippen molar-refractivity contribution in [1.82, 2.24) is 9.55 Å². The number of aromatic nitrogens is 2. The molecule has 33 heavy (non-hydrogen) atoms. The minimum absolute atomic E-state index is 0.248. The molecule has 1 fully saturated rings. The summed E-state index contributed by atoms with van der Waals surface area (Å²) in [4.78, 5) is 4.14. The maximum absolute atomic E-state index is 6.58. The Hall–Kier alpha value is -2.64. The molecular weight excluding hydrogens is 504 g/mol. The summed E-state index contributed by atoms with van der Waals surface area (Å²) in [6.07, 6.45) is 5.09. The van der Waals surface area contributed by atoms with Gasteiger partial charge in [0.05, 0.1) is 24.5 Å². The molecule has 1 aliphatic rings. The Morgan fingerprint density at radius 3 is 2.58 bits per heavy atom. The number of rotatable bonds is 7. The summed E-state index contributed by atoms with van der Waals surface area (Å²) < 4.78 is 21.5. The van der Waals surface area contributed by atoms with E-state index in [1.54, 1.807) is 12.5 Å². The summed E-state index contributed by atoms with van der Waals surface area (Å²) in [6.45, 7) is 1.18. The average Bonchev–Trinajstić information content (AvgIpc) is 3.49. The fourth-order valence-electron chi connectivity index (χ4n) is 3.94. The van der Waals surface area contributed by atoms with Gasteiger partial charge in [-0.25, -0.2) is 4.98 Å². The van der Waals surface area contributed by atoms with Gasteiger partial charge in [0.1, 0.15) is 18.5 Å². The molecule has 1 aromatic heterocycles. The zero-order valence-electron chi connectivity index (χ0n) is 17.7. The van der Waals surface area contributed by atoms with Crippen LogP contribution in [-0.2, 0) is 21.8 Å². The maximum Gasteiger partial charge on any atom is 0.215 e. The first-order chi connectivity index (χ1) is 16.1. The third kappa shape index (κ3) is 4.99. The van der Waals surface area contributed by atoms with Crippen LogP contribution < -0.4 is 4.74 Å². The van der Waals surface area contributed by atoms with E-state index in [-0.39, 0.29) is 6.10 Å². The Kier molecular flexibility index (Phi) is 6.51. The van der Waals surface area contributed by atoms with Crippen LogP contribution in [0.5, 0.6) is 5.75 Å². The summed E-state index contributed by atoms with van der Waals surface area (Å²) in [6, 6.07) is 24.0. The van der Waals surface area contributed by atoms with Crippen LogP contribution in [-0.4, -0.2) is 28.9 Å². The van der Waals surface area contributed by atoms with Crippen LogP contribution in [0, 0.1) is 0 Å². The topological polar surface area (TPSA) is 45.5 Å². The van der Waals surface area contributed by atoms with E-state index < -0.39 is 5.79 Å². The molecule has 0 saturated carbocycles. The molecule has 168 valence electrons. The number of nitrogens with zero attached hydrogens (tertiary/aromatic N) is 2. The molecule has 0 aliphatic carbocycles. The lowest BCUT2D eigenvalue weighted by Gasteiger charge is -2.30. The van der Waals surface area contributed by atoms with Gasteiger partial charge in [0, 0.05) is 22.4 Å². The van der Waals surface area contributed by atoms with Crippen molar-refractivity contribution >= 4 is 27.5 Å². The van der Waals surface area contributed by atoms with Crippen molar-refractivity contribution in [2.45, 2.75) is 18.4 Å². The van der Waals surface area contributed by atoms with Crippen LogP contribution in [0.15, 0.2) is 96.0 Å². The van der Waals surface area contributed by atoms with Crippen LogP contribution in [0.2, 0.25) is 5.02 Å². The van der Waals surface area contributed by atoms with Gasteiger partial charge in [0.15, 0.2) is 0 Å². The van der Waals surface area contributed by atoms with E-state index in [4.69, 9.17) is 25.8 Å².